The van der Waals surface area contributed by atoms with E-state index in [0.29, 0.717) is 0 Å². The van der Waals surface area contributed by atoms with Crippen LogP contribution in [0.2, 0.25) is 0 Å². The quantitative estimate of drug-likeness (QED) is 0.800. The van der Waals surface area contributed by atoms with Gasteiger partial charge in [-0.15, -0.1) is 0 Å². The average Bonchev–Trinajstić information content (AvgIpc) is 1.99. The fourth-order valence-corrected chi connectivity index (χ4v) is 1.29. The molecule has 0 amide bonds. The number of aliphatic carboxylic acids is 1. The van der Waals surface area contributed by atoms with Crippen molar-refractivity contribution in [3.8, 4) is 0 Å². The lowest BCUT2D eigenvalue weighted by atomic mass is 10.1. The third-order valence-electron chi connectivity index (χ3n) is 1.88. The number of aromatic amines is 1. The number of carboxylic acid groups (broad SMARTS) is 1. The van der Waals surface area contributed by atoms with Gasteiger partial charge in [0.15, 0.2) is 5.43 Å². The predicted molar refractivity (Wildman–Crippen MR) is 48.1 cm³/mol. The minimum atomic E-state index is -2.85. The SMILES string of the molecule is Cc1[nH]c(CC(=O)O)cc(=O)c1C(F)F. The Morgan fingerprint density at radius 1 is 1.60 bits per heavy atom. The van der Waals surface area contributed by atoms with Crippen LogP contribution in [0.1, 0.15) is 23.4 Å². The van der Waals surface area contributed by atoms with Gasteiger partial charge in [0, 0.05) is 17.5 Å². The topological polar surface area (TPSA) is 70.2 Å². The Balaban J connectivity index is 3.20. The first-order chi connectivity index (χ1) is 6.91. The minimum absolute atomic E-state index is 0.00810. The molecule has 15 heavy (non-hydrogen) atoms. The number of pyridine rings is 1. The molecule has 0 fully saturated rings. The van der Waals surface area contributed by atoms with Crippen molar-refractivity contribution >= 4 is 5.97 Å². The predicted octanol–water partition coefficient (Wildman–Crippen LogP) is 1.25. The Kier molecular flexibility index (Phi) is 3.18. The number of alkyl halides is 2. The van der Waals surface area contributed by atoms with Crippen molar-refractivity contribution in [3.63, 3.8) is 0 Å². The number of hydrogen-bond acceptors (Lipinski definition) is 2. The number of nitrogens with one attached hydrogen (secondary N) is 1. The van der Waals surface area contributed by atoms with E-state index in [1.54, 1.807) is 0 Å². The summed E-state index contributed by atoms with van der Waals surface area (Å²) in [4.78, 5) is 24.0. The second-order valence-corrected chi connectivity index (χ2v) is 3.07. The molecule has 82 valence electrons. The highest BCUT2D eigenvalue weighted by Gasteiger charge is 2.16. The first-order valence-electron chi connectivity index (χ1n) is 4.14. The van der Waals surface area contributed by atoms with Crippen LogP contribution in [0.15, 0.2) is 10.9 Å². The summed E-state index contributed by atoms with van der Waals surface area (Å²) in [5.41, 5.74) is -1.32. The fourth-order valence-electron chi connectivity index (χ4n) is 1.29. The Hall–Kier alpha value is -1.72. The number of hydrogen-bond donors (Lipinski definition) is 2. The second-order valence-electron chi connectivity index (χ2n) is 3.07. The van der Waals surface area contributed by atoms with Crippen LogP contribution in [-0.2, 0) is 11.2 Å². The monoisotopic (exact) mass is 217 g/mol. The summed E-state index contributed by atoms with van der Waals surface area (Å²) in [6.07, 6.45) is -3.24. The highest BCUT2D eigenvalue weighted by molar-refractivity contribution is 5.69. The molecule has 2 N–H and O–H groups in total. The third-order valence-corrected chi connectivity index (χ3v) is 1.88. The van der Waals surface area contributed by atoms with Crippen LogP contribution < -0.4 is 5.43 Å². The van der Waals surface area contributed by atoms with Gasteiger partial charge in [0.05, 0.1) is 12.0 Å². The molecule has 0 aliphatic heterocycles. The van der Waals surface area contributed by atoms with Crippen LogP contribution in [0.5, 0.6) is 0 Å². The lowest BCUT2D eigenvalue weighted by Crippen LogP contribution is -2.16. The van der Waals surface area contributed by atoms with Gasteiger partial charge in [-0.3, -0.25) is 9.59 Å². The highest BCUT2D eigenvalue weighted by Crippen LogP contribution is 2.17. The van der Waals surface area contributed by atoms with Gasteiger partial charge in [0.25, 0.3) is 6.43 Å². The molecule has 0 radical (unpaired) electrons. The maximum atomic E-state index is 12.3. The molecule has 0 saturated carbocycles. The van der Waals surface area contributed by atoms with Crippen molar-refractivity contribution < 1.29 is 18.7 Å². The van der Waals surface area contributed by atoms with Crippen molar-refractivity contribution in [2.75, 3.05) is 0 Å². The van der Waals surface area contributed by atoms with Crippen molar-refractivity contribution in [2.45, 2.75) is 19.8 Å². The van der Waals surface area contributed by atoms with Gasteiger partial charge in [0.1, 0.15) is 0 Å². The van der Waals surface area contributed by atoms with E-state index in [-0.39, 0.29) is 17.8 Å². The zero-order valence-corrected chi connectivity index (χ0v) is 7.88. The molecule has 0 spiro atoms. The summed E-state index contributed by atoms with van der Waals surface area (Å²) in [6.45, 7) is 1.31. The van der Waals surface area contributed by atoms with Crippen LogP contribution in [0.4, 0.5) is 8.78 Å². The van der Waals surface area contributed by atoms with Crippen LogP contribution in [-0.4, -0.2) is 16.1 Å². The first kappa shape index (κ1) is 11.4. The molecule has 6 heteroatoms. The Bertz CT molecular complexity index is 439. The Morgan fingerprint density at radius 3 is 2.60 bits per heavy atom. The van der Waals surface area contributed by atoms with Gasteiger partial charge in [0.2, 0.25) is 0 Å². The summed E-state index contributed by atoms with van der Waals surface area (Å²) >= 11 is 0. The molecular weight excluding hydrogens is 208 g/mol. The smallest absolute Gasteiger partial charge is 0.309 e. The highest BCUT2D eigenvalue weighted by atomic mass is 19.3. The molecule has 1 heterocycles. The van der Waals surface area contributed by atoms with Gasteiger partial charge in [-0.2, -0.15) is 0 Å². The molecule has 0 aromatic carbocycles. The van der Waals surface area contributed by atoms with E-state index in [0.717, 1.165) is 6.07 Å². The van der Waals surface area contributed by atoms with Gasteiger partial charge in [-0.1, -0.05) is 0 Å². The second kappa shape index (κ2) is 4.20. The van der Waals surface area contributed by atoms with E-state index in [1.165, 1.54) is 6.92 Å². The molecule has 1 aromatic rings. The third kappa shape index (κ3) is 2.61. The molecule has 0 atom stereocenters. The van der Waals surface area contributed by atoms with Crippen LogP contribution in [0, 0.1) is 6.92 Å². The zero-order valence-electron chi connectivity index (χ0n) is 7.88. The van der Waals surface area contributed by atoms with Crippen LogP contribution >= 0.6 is 0 Å². The molecule has 0 aliphatic carbocycles. The lowest BCUT2D eigenvalue weighted by molar-refractivity contribution is -0.136. The maximum absolute atomic E-state index is 12.3. The Morgan fingerprint density at radius 2 is 2.20 bits per heavy atom. The van der Waals surface area contributed by atoms with Crippen molar-refractivity contribution in [2.24, 2.45) is 0 Å². The number of aromatic nitrogens is 1. The summed E-state index contributed by atoms with van der Waals surface area (Å²) in [5.74, 6) is -1.13. The molecule has 0 unspecified atom stereocenters. The van der Waals surface area contributed by atoms with Crippen LogP contribution in [0.25, 0.3) is 0 Å². The number of carboxylic acids is 1. The number of carbonyl (C=O) groups is 1. The van der Waals surface area contributed by atoms with Crippen molar-refractivity contribution in [1.29, 1.82) is 0 Å². The van der Waals surface area contributed by atoms with Gasteiger partial charge in [-0.25, -0.2) is 8.78 Å². The van der Waals surface area contributed by atoms with Gasteiger partial charge >= 0.3 is 5.97 Å². The maximum Gasteiger partial charge on any atom is 0.309 e. The van der Waals surface area contributed by atoms with Crippen molar-refractivity contribution in [3.05, 3.63) is 33.2 Å². The van der Waals surface area contributed by atoms with E-state index in [2.05, 4.69) is 4.98 Å². The van der Waals surface area contributed by atoms with E-state index in [1.807, 2.05) is 0 Å². The summed E-state index contributed by atoms with van der Waals surface area (Å²) < 4.78 is 24.7. The minimum Gasteiger partial charge on any atom is -0.481 e. The van der Waals surface area contributed by atoms with Gasteiger partial charge < -0.3 is 10.1 Å². The molecular formula is C9H9F2NO3. The van der Waals surface area contributed by atoms with Crippen molar-refractivity contribution in [1.82, 2.24) is 4.98 Å². The standard InChI is InChI=1S/C9H9F2NO3/c1-4-8(9(10)11)6(13)2-5(12-4)3-7(14)15/h2,9H,3H2,1H3,(H,12,13)(H,14,15). The molecule has 1 rings (SSSR count). The fraction of sp³-hybridized carbons (Fsp3) is 0.333. The summed E-state index contributed by atoms with van der Waals surface area (Å²) in [7, 11) is 0. The zero-order chi connectivity index (χ0) is 11.6. The molecule has 0 aliphatic rings. The lowest BCUT2D eigenvalue weighted by Gasteiger charge is -2.06. The molecule has 4 nitrogen and oxygen atoms in total. The van der Waals surface area contributed by atoms with E-state index >= 15 is 0 Å². The number of rotatable bonds is 3. The molecule has 1 aromatic heterocycles. The normalized spacial score (nSPS) is 10.7. The average molecular weight is 217 g/mol. The van der Waals surface area contributed by atoms with Gasteiger partial charge in [-0.05, 0) is 6.92 Å². The summed E-state index contributed by atoms with van der Waals surface area (Å²) in [5, 5.41) is 8.46. The summed E-state index contributed by atoms with van der Waals surface area (Å²) in [6, 6.07) is 0.891. The largest absolute Gasteiger partial charge is 0.481 e. The first-order valence-corrected chi connectivity index (χ1v) is 4.14. The number of H-pyrrole nitrogens is 1. The van der Waals surface area contributed by atoms with E-state index in [4.69, 9.17) is 5.11 Å². The number of halogens is 2. The van der Waals surface area contributed by atoms with E-state index < -0.39 is 23.4 Å². The molecule has 0 bridgehead atoms. The van der Waals surface area contributed by atoms with E-state index in [9.17, 15) is 18.4 Å². The number of aryl methyl sites for hydroxylation is 1. The molecule has 0 saturated heterocycles. The van der Waals surface area contributed by atoms with Crippen LogP contribution in [0.3, 0.4) is 0 Å². The Labute approximate surface area is 83.6 Å².